The highest BCUT2D eigenvalue weighted by atomic mass is 16.5. The van der Waals surface area contributed by atoms with Crippen LogP contribution in [0.3, 0.4) is 0 Å². The van der Waals surface area contributed by atoms with Crippen LogP contribution in [0.15, 0.2) is 91.0 Å². The van der Waals surface area contributed by atoms with E-state index in [0.717, 1.165) is 12.1 Å². The number of fused-ring (bicyclic) bond motifs is 3. The second-order valence-corrected chi connectivity index (χ2v) is 15.3. The molecule has 0 amide bonds. The zero-order valence-electron chi connectivity index (χ0n) is 31.5. The summed E-state index contributed by atoms with van der Waals surface area (Å²) in [6.45, 7) is 0. The molecule has 0 saturated carbocycles. The van der Waals surface area contributed by atoms with Gasteiger partial charge >= 0.3 is 0 Å². The smallest absolute Gasteiger partial charge is 0.157 e. The second-order valence-electron chi connectivity index (χ2n) is 15.3. The van der Waals surface area contributed by atoms with Gasteiger partial charge in [-0.2, -0.15) is 0 Å². The largest absolute Gasteiger partial charge is 0.508 e. The maximum atomic E-state index is 12.9. The van der Waals surface area contributed by atoms with Gasteiger partial charge in [-0.1, -0.05) is 30.3 Å². The molecule has 0 fully saturated rings. The lowest BCUT2D eigenvalue weighted by Crippen LogP contribution is -2.38. The molecular formula is C45H38O16. The van der Waals surface area contributed by atoms with Gasteiger partial charge in [0.2, 0.25) is 0 Å². The predicted octanol–water partition coefficient (Wildman–Crippen LogP) is 5.03. The quantitative estimate of drug-likeness (QED) is 0.101. The normalized spacial score (nSPS) is 24.0. The lowest BCUT2D eigenvalue weighted by Gasteiger charge is -2.42. The molecule has 0 unspecified atom stereocenters. The van der Waals surface area contributed by atoms with E-state index in [9.17, 15) is 66.4 Å². The summed E-state index contributed by atoms with van der Waals surface area (Å²) in [6, 6.07) is 19.2. The first-order chi connectivity index (χ1) is 29.1. The molecule has 6 aromatic rings. The first-order valence-electron chi connectivity index (χ1n) is 19.0. The summed E-state index contributed by atoms with van der Waals surface area (Å²) in [6.07, 6.45) is -9.21. The molecule has 6 aromatic carbocycles. The number of aliphatic hydroxyl groups excluding tert-OH is 3. The Bertz CT molecular complexity index is 2730. The van der Waals surface area contributed by atoms with Gasteiger partial charge in [-0.15, -0.1) is 0 Å². The van der Waals surface area contributed by atoms with Gasteiger partial charge in [-0.05, 0) is 65.2 Å². The maximum Gasteiger partial charge on any atom is 0.157 e. The van der Waals surface area contributed by atoms with Crippen LogP contribution < -0.4 is 14.2 Å². The van der Waals surface area contributed by atoms with Gasteiger partial charge in [0.05, 0.1) is 6.10 Å². The van der Waals surface area contributed by atoms with Crippen LogP contribution in [-0.2, 0) is 6.42 Å². The number of aromatic hydroxyl groups is 10. The van der Waals surface area contributed by atoms with E-state index in [2.05, 4.69) is 0 Å². The Labute approximate surface area is 345 Å². The zero-order chi connectivity index (χ0) is 43.2. The average molecular weight is 835 g/mol. The Kier molecular flexibility index (Phi) is 9.23. The molecule has 0 aliphatic carbocycles. The van der Waals surface area contributed by atoms with E-state index in [0.29, 0.717) is 0 Å². The third kappa shape index (κ3) is 6.35. The molecule has 0 saturated heterocycles. The number of hydrogen-bond donors (Lipinski definition) is 13. The highest BCUT2D eigenvalue weighted by molar-refractivity contribution is 5.70. The zero-order valence-corrected chi connectivity index (χ0v) is 31.5. The monoisotopic (exact) mass is 834 g/mol. The molecule has 314 valence electrons. The number of ether oxygens (including phenoxy) is 3. The molecule has 9 rings (SSSR count). The minimum atomic E-state index is -1.69. The molecule has 61 heavy (non-hydrogen) atoms. The van der Waals surface area contributed by atoms with Gasteiger partial charge in [-0.3, -0.25) is 0 Å². The summed E-state index contributed by atoms with van der Waals surface area (Å²) in [5.41, 5.74) is 0.295. The molecule has 3 aliphatic rings. The van der Waals surface area contributed by atoms with Crippen molar-refractivity contribution in [2.24, 2.45) is 0 Å². The average Bonchev–Trinajstić information content (AvgIpc) is 3.22. The van der Waals surface area contributed by atoms with Crippen molar-refractivity contribution in [3.05, 3.63) is 136 Å². The summed E-state index contributed by atoms with van der Waals surface area (Å²) in [5.74, 6) is -7.77. The molecule has 0 spiro atoms. The fourth-order valence-electron chi connectivity index (χ4n) is 8.75. The third-order valence-electron chi connectivity index (χ3n) is 11.7. The van der Waals surface area contributed by atoms with E-state index < -0.39 is 94.5 Å². The van der Waals surface area contributed by atoms with Crippen molar-refractivity contribution in [2.75, 3.05) is 0 Å². The van der Waals surface area contributed by atoms with Gasteiger partial charge in [0.15, 0.2) is 46.7 Å². The van der Waals surface area contributed by atoms with Crippen molar-refractivity contribution < 1.29 is 80.6 Å². The van der Waals surface area contributed by atoms with Gasteiger partial charge in [0.25, 0.3) is 0 Å². The molecule has 13 N–H and O–H groups in total. The van der Waals surface area contributed by atoms with E-state index >= 15 is 0 Å². The van der Waals surface area contributed by atoms with E-state index in [-0.39, 0.29) is 79.7 Å². The maximum absolute atomic E-state index is 12.9. The summed E-state index contributed by atoms with van der Waals surface area (Å²) in [7, 11) is 0. The number of phenolic OH excluding ortho intramolecular Hbond substituents is 10. The van der Waals surface area contributed by atoms with Crippen LogP contribution in [0.2, 0.25) is 0 Å². The number of phenols is 10. The first kappa shape index (κ1) is 39.1. The number of aliphatic hydroxyl groups is 3. The molecule has 16 nitrogen and oxygen atoms in total. The fourth-order valence-corrected chi connectivity index (χ4v) is 8.75. The second kappa shape index (κ2) is 14.4. The molecule has 0 aromatic heterocycles. The van der Waals surface area contributed by atoms with Gasteiger partial charge in [-0.25, -0.2) is 0 Å². The van der Waals surface area contributed by atoms with Crippen molar-refractivity contribution in [1.29, 1.82) is 0 Å². The summed E-state index contributed by atoms with van der Waals surface area (Å²) < 4.78 is 18.9. The summed E-state index contributed by atoms with van der Waals surface area (Å²) >= 11 is 0. The number of benzene rings is 6. The molecule has 0 radical (unpaired) electrons. The summed E-state index contributed by atoms with van der Waals surface area (Å²) in [5, 5.41) is 144. The minimum Gasteiger partial charge on any atom is -0.508 e. The topological polar surface area (TPSA) is 291 Å². The van der Waals surface area contributed by atoms with Gasteiger partial charge < -0.3 is 80.6 Å². The van der Waals surface area contributed by atoms with Gasteiger partial charge in [0.1, 0.15) is 58.6 Å². The molecule has 3 aliphatic heterocycles. The Balaban J connectivity index is 1.31. The number of rotatable bonds is 5. The van der Waals surface area contributed by atoms with E-state index in [4.69, 9.17) is 14.2 Å². The van der Waals surface area contributed by atoms with Gasteiger partial charge in [0, 0.05) is 58.2 Å². The molecule has 16 heteroatoms. The van der Waals surface area contributed by atoms with Crippen LogP contribution >= 0.6 is 0 Å². The molecule has 0 bridgehead atoms. The lowest BCUT2D eigenvalue weighted by atomic mass is 9.73. The molecule has 8 atom stereocenters. The highest BCUT2D eigenvalue weighted by Gasteiger charge is 2.49. The predicted molar refractivity (Wildman–Crippen MR) is 211 cm³/mol. The van der Waals surface area contributed by atoms with E-state index in [1.807, 2.05) is 0 Å². The number of hydrogen-bond acceptors (Lipinski definition) is 16. The first-order valence-corrected chi connectivity index (χ1v) is 19.0. The lowest BCUT2D eigenvalue weighted by molar-refractivity contribution is 0.000360. The van der Waals surface area contributed by atoms with Crippen LogP contribution in [0, 0.1) is 0 Å². The van der Waals surface area contributed by atoms with Crippen LogP contribution in [0.1, 0.15) is 74.7 Å². The Morgan fingerprint density at radius 2 is 0.836 bits per heavy atom. The highest BCUT2D eigenvalue weighted by Crippen LogP contribution is 2.60. The Morgan fingerprint density at radius 1 is 0.410 bits per heavy atom. The fraction of sp³-hybridized carbons (Fsp3) is 0.200. The standard InChI is InChI=1S/C45H38O16/c46-20-4-6-22-32(14-20)59-43(18-2-9-26(49)29(52)12-18)40(57)34(22)36-38(55)24-16-31(54)42(17-1-8-25(48)28(51)11-17)61-45(24)37(39(36)56)35-23-7-5-21(47)15-33(23)60-44(41(35)58)19-3-10-27(50)30(53)13-19/h1-15,31,34-35,40-44,46-58H,16H2/t31-,34+,35-,40+,41-,42+,43+,44+/m0/s1. The third-order valence-corrected chi connectivity index (χ3v) is 11.7. The van der Waals surface area contributed by atoms with Crippen molar-refractivity contribution in [1.82, 2.24) is 0 Å². The van der Waals surface area contributed by atoms with E-state index in [1.165, 1.54) is 78.9 Å². The van der Waals surface area contributed by atoms with Crippen molar-refractivity contribution in [3.63, 3.8) is 0 Å². The molecule has 3 heterocycles. The van der Waals surface area contributed by atoms with Crippen LogP contribution in [-0.4, -0.2) is 84.7 Å². The summed E-state index contributed by atoms with van der Waals surface area (Å²) in [4.78, 5) is 0. The SMILES string of the molecule is Oc1ccc2c(c1)O[C@H](c1ccc(O)c(O)c1)[C@H](O)[C@H]2c1c(O)c2c(c([C@@H]3c4ccc(O)cc4O[C@H](c4ccc(O)c(O)c4)[C@H]3O)c1O)O[C@H](c1ccc(O)c(O)c1)[C@@H](O)C2. The van der Waals surface area contributed by atoms with Crippen LogP contribution in [0.4, 0.5) is 0 Å². The van der Waals surface area contributed by atoms with Crippen LogP contribution in [0.5, 0.6) is 74.7 Å². The minimum absolute atomic E-state index is 0.00791. The Hall–Kier alpha value is -7.40. The van der Waals surface area contributed by atoms with Crippen molar-refractivity contribution in [3.8, 4) is 74.7 Å². The molecular weight excluding hydrogens is 796 g/mol. The van der Waals surface area contributed by atoms with Crippen LogP contribution in [0.25, 0.3) is 0 Å². The van der Waals surface area contributed by atoms with Crippen molar-refractivity contribution in [2.45, 2.75) is 54.9 Å². The van der Waals surface area contributed by atoms with Crippen molar-refractivity contribution >= 4 is 0 Å². The Morgan fingerprint density at radius 3 is 1.28 bits per heavy atom. The van der Waals surface area contributed by atoms with E-state index in [1.54, 1.807) is 0 Å².